The lowest BCUT2D eigenvalue weighted by atomic mass is 10.1. The highest BCUT2D eigenvalue weighted by Gasteiger charge is 2.44. The van der Waals surface area contributed by atoms with Crippen molar-refractivity contribution in [2.75, 3.05) is 0 Å². The zero-order valence-electron chi connectivity index (χ0n) is 9.32. The SMILES string of the molecule is O=C(O)Cc1cc([N+](=O)[O-])c(C(F)(F)F)c(C(F)F)n1. The predicted octanol–water partition coefficient (Wildman–Crippen LogP) is 2.57. The molecule has 20 heavy (non-hydrogen) atoms. The number of pyridine rings is 1. The molecule has 1 aromatic heterocycles. The van der Waals surface area contributed by atoms with Crippen LogP contribution in [0.25, 0.3) is 0 Å². The van der Waals surface area contributed by atoms with Crippen molar-refractivity contribution in [1.82, 2.24) is 4.98 Å². The first-order chi connectivity index (χ1) is 9.04. The van der Waals surface area contributed by atoms with Crippen LogP contribution in [0.1, 0.15) is 23.4 Å². The quantitative estimate of drug-likeness (QED) is 0.524. The maximum atomic E-state index is 12.6. The van der Waals surface area contributed by atoms with E-state index < -0.39 is 52.6 Å². The molecule has 1 aromatic rings. The standard InChI is InChI=1S/C9H5F5N2O4/c10-8(11)7-6(9(12,13)14)4(16(19)20)1-3(15-7)2-5(17)18/h1,8H,2H2,(H,17,18). The van der Waals surface area contributed by atoms with Gasteiger partial charge in [0.15, 0.2) is 5.56 Å². The van der Waals surface area contributed by atoms with Crippen molar-refractivity contribution in [3.8, 4) is 0 Å². The molecule has 1 rings (SSSR count). The van der Waals surface area contributed by atoms with Gasteiger partial charge in [-0.15, -0.1) is 0 Å². The minimum absolute atomic E-state index is 0.225. The predicted molar refractivity (Wildman–Crippen MR) is 52.2 cm³/mol. The second-order valence-corrected chi connectivity index (χ2v) is 3.52. The van der Waals surface area contributed by atoms with Gasteiger partial charge in [0, 0.05) is 6.07 Å². The van der Waals surface area contributed by atoms with Crippen LogP contribution in [0, 0.1) is 10.1 Å². The fraction of sp³-hybridized carbons (Fsp3) is 0.333. The lowest BCUT2D eigenvalue weighted by Crippen LogP contribution is -2.16. The molecule has 1 heterocycles. The van der Waals surface area contributed by atoms with Gasteiger partial charge in [0.2, 0.25) is 0 Å². The molecule has 0 fully saturated rings. The van der Waals surface area contributed by atoms with Gasteiger partial charge >= 0.3 is 12.1 Å². The van der Waals surface area contributed by atoms with Gasteiger partial charge in [-0.25, -0.2) is 8.78 Å². The third kappa shape index (κ3) is 3.36. The van der Waals surface area contributed by atoms with Crippen LogP contribution in [0.4, 0.5) is 27.6 Å². The van der Waals surface area contributed by atoms with E-state index in [0.717, 1.165) is 0 Å². The van der Waals surface area contributed by atoms with Crippen LogP contribution in [0.15, 0.2) is 6.07 Å². The van der Waals surface area contributed by atoms with Gasteiger partial charge in [-0.3, -0.25) is 19.9 Å². The largest absolute Gasteiger partial charge is 0.481 e. The zero-order valence-corrected chi connectivity index (χ0v) is 9.32. The topological polar surface area (TPSA) is 93.3 Å². The van der Waals surface area contributed by atoms with E-state index in [-0.39, 0.29) is 6.07 Å². The Morgan fingerprint density at radius 1 is 1.45 bits per heavy atom. The molecule has 0 saturated heterocycles. The molecule has 0 atom stereocenters. The fourth-order valence-corrected chi connectivity index (χ4v) is 1.44. The average Bonchev–Trinajstić information content (AvgIpc) is 2.25. The second-order valence-electron chi connectivity index (χ2n) is 3.52. The van der Waals surface area contributed by atoms with E-state index in [2.05, 4.69) is 4.98 Å². The van der Waals surface area contributed by atoms with Crippen LogP contribution >= 0.6 is 0 Å². The van der Waals surface area contributed by atoms with Gasteiger partial charge in [-0.2, -0.15) is 13.2 Å². The summed E-state index contributed by atoms with van der Waals surface area (Å²) in [6, 6.07) is 0.225. The number of rotatable bonds is 4. The number of alkyl halides is 5. The number of nitro groups is 1. The first kappa shape index (κ1) is 15.7. The summed E-state index contributed by atoms with van der Waals surface area (Å²) in [6.07, 6.45) is -10.2. The first-order valence-electron chi connectivity index (χ1n) is 4.79. The summed E-state index contributed by atoms with van der Waals surface area (Å²) in [5.74, 6) is -1.58. The summed E-state index contributed by atoms with van der Waals surface area (Å²) in [5.41, 5.74) is -6.44. The Kier molecular flexibility index (Phi) is 4.20. The molecule has 0 aliphatic rings. The van der Waals surface area contributed by atoms with E-state index in [4.69, 9.17) is 5.11 Å². The average molecular weight is 300 g/mol. The second kappa shape index (κ2) is 5.35. The zero-order chi connectivity index (χ0) is 15.7. The van der Waals surface area contributed by atoms with E-state index in [1.165, 1.54) is 0 Å². The van der Waals surface area contributed by atoms with Crippen LogP contribution < -0.4 is 0 Å². The van der Waals surface area contributed by atoms with Crippen molar-refractivity contribution in [2.24, 2.45) is 0 Å². The van der Waals surface area contributed by atoms with E-state index in [1.54, 1.807) is 0 Å². The number of carboxylic acids is 1. The molecule has 0 saturated carbocycles. The van der Waals surface area contributed by atoms with Crippen LogP contribution in [-0.4, -0.2) is 21.0 Å². The van der Waals surface area contributed by atoms with Crippen LogP contribution in [-0.2, 0) is 17.4 Å². The minimum atomic E-state index is -5.41. The summed E-state index contributed by atoms with van der Waals surface area (Å²) in [6.45, 7) is 0. The highest BCUT2D eigenvalue weighted by molar-refractivity contribution is 5.70. The Morgan fingerprint density at radius 2 is 2.00 bits per heavy atom. The number of nitrogens with zero attached hydrogens (tertiary/aromatic N) is 2. The number of aliphatic carboxylic acids is 1. The Bertz CT molecular complexity index is 558. The van der Waals surface area contributed by atoms with E-state index in [0.29, 0.717) is 0 Å². The number of aromatic nitrogens is 1. The normalized spacial score (nSPS) is 11.7. The van der Waals surface area contributed by atoms with E-state index >= 15 is 0 Å². The van der Waals surface area contributed by atoms with Crippen LogP contribution in [0.3, 0.4) is 0 Å². The van der Waals surface area contributed by atoms with E-state index in [9.17, 15) is 36.9 Å². The molecule has 0 spiro atoms. The Balaban J connectivity index is 3.63. The van der Waals surface area contributed by atoms with Crippen molar-refractivity contribution < 1.29 is 36.8 Å². The van der Waals surface area contributed by atoms with Gasteiger partial charge in [-0.1, -0.05) is 0 Å². The summed E-state index contributed by atoms with van der Waals surface area (Å²) >= 11 is 0. The summed E-state index contributed by atoms with van der Waals surface area (Å²) in [4.78, 5) is 22.3. The summed E-state index contributed by atoms with van der Waals surface area (Å²) < 4.78 is 63.1. The molecule has 11 heteroatoms. The van der Waals surface area contributed by atoms with Crippen molar-refractivity contribution in [1.29, 1.82) is 0 Å². The third-order valence-electron chi connectivity index (χ3n) is 2.10. The Labute approximate surface area is 107 Å². The van der Waals surface area contributed by atoms with Gasteiger partial charge in [0.05, 0.1) is 17.0 Å². The molecular weight excluding hydrogens is 295 g/mol. The smallest absolute Gasteiger partial charge is 0.425 e. The highest BCUT2D eigenvalue weighted by Crippen LogP contribution is 2.41. The molecule has 0 aliphatic carbocycles. The molecule has 110 valence electrons. The van der Waals surface area contributed by atoms with Crippen molar-refractivity contribution in [3.05, 3.63) is 33.1 Å². The number of hydrogen-bond donors (Lipinski definition) is 1. The highest BCUT2D eigenvalue weighted by atomic mass is 19.4. The molecule has 0 unspecified atom stereocenters. The number of hydrogen-bond acceptors (Lipinski definition) is 4. The lowest BCUT2D eigenvalue weighted by Gasteiger charge is -2.13. The molecule has 6 nitrogen and oxygen atoms in total. The molecule has 0 aliphatic heterocycles. The summed E-state index contributed by atoms with van der Waals surface area (Å²) in [7, 11) is 0. The molecule has 1 N–H and O–H groups in total. The van der Waals surface area contributed by atoms with Crippen molar-refractivity contribution in [3.63, 3.8) is 0 Å². The van der Waals surface area contributed by atoms with Crippen molar-refractivity contribution in [2.45, 2.75) is 19.0 Å². The molecule has 0 radical (unpaired) electrons. The van der Waals surface area contributed by atoms with Crippen LogP contribution in [0.2, 0.25) is 0 Å². The number of carboxylic acid groups (broad SMARTS) is 1. The maximum absolute atomic E-state index is 12.6. The van der Waals surface area contributed by atoms with E-state index in [1.807, 2.05) is 0 Å². The Morgan fingerprint density at radius 3 is 2.35 bits per heavy atom. The van der Waals surface area contributed by atoms with Gasteiger partial charge in [-0.05, 0) is 0 Å². The molecule has 0 aromatic carbocycles. The molecular formula is C9H5F5N2O4. The Hall–Kier alpha value is -2.33. The monoisotopic (exact) mass is 300 g/mol. The van der Waals surface area contributed by atoms with Gasteiger partial charge < -0.3 is 5.11 Å². The molecule has 0 amide bonds. The summed E-state index contributed by atoms with van der Waals surface area (Å²) in [5, 5.41) is 19.0. The lowest BCUT2D eigenvalue weighted by molar-refractivity contribution is -0.388. The van der Waals surface area contributed by atoms with Crippen molar-refractivity contribution >= 4 is 11.7 Å². The fourth-order valence-electron chi connectivity index (χ4n) is 1.44. The maximum Gasteiger partial charge on any atom is 0.425 e. The first-order valence-corrected chi connectivity index (χ1v) is 4.79. The minimum Gasteiger partial charge on any atom is -0.481 e. The number of carbonyl (C=O) groups is 1. The third-order valence-corrected chi connectivity index (χ3v) is 2.10. The van der Waals surface area contributed by atoms with Crippen LogP contribution in [0.5, 0.6) is 0 Å². The number of halogens is 5. The van der Waals surface area contributed by atoms with Gasteiger partial charge in [0.1, 0.15) is 5.69 Å². The van der Waals surface area contributed by atoms with Gasteiger partial charge in [0.25, 0.3) is 12.1 Å². The molecule has 0 bridgehead atoms.